The molecule has 6 heteroatoms. The van der Waals surface area contributed by atoms with Crippen LogP contribution in [0, 0.1) is 5.92 Å². The number of aliphatic imine (C=N–C) groups is 1. The highest BCUT2D eigenvalue weighted by molar-refractivity contribution is 5.79. The molecule has 1 heterocycles. The third-order valence-corrected chi connectivity index (χ3v) is 3.15. The maximum absolute atomic E-state index is 4.60. The van der Waals surface area contributed by atoms with Gasteiger partial charge >= 0.3 is 0 Å². The summed E-state index contributed by atoms with van der Waals surface area (Å²) >= 11 is 0. The second kappa shape index (κ2) is 8.67. The van der Waals surface area contributed by atoms with Gasteiger partial charge in [-0.25, -0.2) is 0 Å². The molecule has 0 aliphatic rings. The number of hydrogen-bond acceptors (Lipinski definition) is 3. The average Bonchev–Trinajstić information content (AvgIpc) is 2.82. The highest BCUT2D eigenvalue weighted by Gasteiger charge is 2.16. The van der Waals surface area contributed by atoms with Crippen molar-refractivity contribution in [3.05, 3.63) is 18.0 Å². The minimum Gasteiger partial charge on any atom is -0.357 e. The predicted octanol–water partition coefficient (Wildman–Crippen LogP) is 1.23. The average molecular weight is 294 g/mol. The zero-order chi connectivity index (χ0) is 15.8. The fourth-order valence-electron chi connectivity index (χ4n) is 2.02. The molecule has 6 nitrogen and oxygen atoms in total. The van der Waals surface area contributed by atoms with Gasteiger partial charge < -0.3 is 15.5 Å². The number of guanidine groups is 1. The fourth-order valence-corrected chi connectivity index (χ4v) is 2.02. The Morgan fingerprint density at radius 3 is 2.57 bits per heavy atom. The molecule has 0 amide bonds. The first kappa shape index (κ1) is 17.5. The molecule has 0 aliphatic heterocycles. The molecule has 21 heavy (non-hydrogen) atoms. The van der Waals surface area contributed by atoms with Gasteiger partial charge in [0.15, 0.2) is 5.96 Å². The largest absolute Gasteiger partial charge is 0.357 e. The highest BCUT2D eigenvalue weighted by Crippen LogP contribution is 2.15. The topological polar surface area (TPSA) is 57.5 Å². The molecule has 0 aromatic carbocycles. The second-order valence-electron chi connectivity index (χ2n) is 5.92. The molecule has 0 aliphatic carbocycles. The number of likely N-dealkylation sites (N-methyl/N-ethyl adjacent to an activating group) is 1. The summed E-state index contributed by atoms with van der Waals surface area (Å²) in [6.45, 7) is 8.91. The SMILES string of the molecule is CCNC(=NCC(C)C)NCC(c1cnn(C)c1)N(C)C. The van der Waals surface area contributed by atoms with Crippen LogP contribution in [-0.2, 0) is 7.05 Å². The van der Waals surface area contributed by atoms with Gasteiger partial charge in [-0.05, 0) is 26.9 Å². The lowest BCUT2D eigenvalue weighted by atomic mass is 10.1. The van der Waals surface area contributed by atoms with E-state index in [4.69, 9.17) is 0 Å². The Kier molecular flexibility index (Phi) is 7.22. The van der Waals surface area contributed by atoms with Gasteiger partial charge in [0.2, 0.25) is 0 Å². The molecule has 2 N–H and O–H groups in total. The summed E-state index contributed by atoms with van der Waals surface area (Å²) in [5.74, 6) is 1.44. The fraction of sp³-hybridized carbons (Fsp3) is 0.733. The first-order valence-corrected chi connectivity index (χ1v) is 7.61. The molecule has 1 atom stereocenters. The molecule has 1 aromatic rings. The molecule has 0 radical (unpaired) electrons. The number of rotatable bonds is 7. The van der Waals surface area contributed by atoms with E-state index >= 15 is 0 Å². The van der Waals surface area contributed by atoms with E-state index in [0.29, 0.717) is 5.92 Å². The van der Waals surface area contributed by atoms with Crippen molar-refractivity contribution in [1.29, 1.82) is 0 Å². The summed E-state index contributed by atoms with van der Waals surface area (Å²) in [4.78, 5) is 6.79. The monoisotopic (exact) mass is 294 g/mol. The molecule has 0 bridgehead atoms. The molecule has 0 spiro atoms. The van der Waals surface area contributed by atoms with E-state index in [9.17, 15) is 0 Å². The lowest BCUT2D eigenvalue weighted by molar-refractivity contribution is 0.298. The summed E-state index contributed by atoms with van der Waals surface area (Å²) in [5, 5.41) is 11.0. The molecule has 0 fully saturated rings. The Labute approximate surface area is 128 Å². The summed E-state index contributed by atoms with van der Waals surface area (Å²) < 4.78 is 1.84. The van der Waals surface area contributed by atoms with Crippen LogP contribution in [-0.4, -0.2) is 54.4 Å². The zero-order valence-electron chi connectivity index (χ0n) is 14.2. The van der Waals surface area contributed by atoms with Crippen molar-refractivity contribution in [3.63, 3.8) is 0 Å². The van der Waals surface area contributed by atoms with Gasteiger partial charge in [-0.1, -0.05) is 13.8 Å². The van der Waals surface area contributed by atoms with E-state index in [1.165, 1.54) is 5.56 Å². The van der Waals surface area contributed by atoms with Crippen LogP contribution in [0.5, 0.6) is 0 Å². The third-order valence-electron chi connectivity index (χ3n) is 3.15. The summed E-state index contributed by atoms with van der Waals surface area (Å²) in [5.41, 5.74) is 1.20. The number of nitrogens with zero attached hydrogens (tertiary/aromatic N) is 4. The highest BCUT2D eigenvalue weighted by atomic mass is 15.3. The Hall–Kier alpha value is -1.56. The van der Waals surface area contributed by atoms with Gasteiger partial charge in [0.1, 0.15) is 0 Å². The number of hydrogen-bond donors (Lipinski definition) is 2. The van der Waals surface area contributed by atoms with E-state index in [-0.39, 0.29) is 6.04 Å². The summed E-state index contributed by atoms with van der Waals surface area (Å²) in [7, 11) is 6.10. The van der Waals surface area contributed by atoms with Crippen LogP contribution in [0.4, 0.5) is 0 Å². The minimum atomic E-state index is 0.265. The van der Waals surface area contributed by atoms with Gasteiger partial charge in [0.05, 0.1) is 12.2 Å². The number of nitrogens with one attached hydrogen (secondary N) is 2. The number of aryl methyl sites for hydroxylation is 1. The van der Waals surface area contributed by atoms with E-state index < -0.39 is 0 Å². The van der Waals surface area contributed by atoms with Crippen molar-refractivity contribution in [1.82, 2.24) is 25.3 Å². The first-order valence-electron chi connectivity index (χ1n) is 7.61. The normalized spacial score (nSPS) is 13.8. The van der Waals surface area contributed by atoms with Crippen LogP contribution in [0.25, 0.3) is 0 Å². The Morgan fingerprint density at radius 1 is 1.38 bits per heavy atom. The molecule has 1 aromatic heterocycles. The van der Waals surface area contributed by atoms with Gasteiger partial charge in [-0.3, -0.25) is 9.67 Å². The molecular weight excluding hydrogens is 264 g/mol. The van der Waals surface area contributed by atoms with Crippen molar-refractivity contribution >= 4 is 5.96 Å². The van der Waals surface area contributed by atoms with Crippen LogP contribution in [0.3, 0.4) is 0 Å². The maximum Gasteiger partial charge on any atom is 0.191 e. The quantitative estimate of drug-likeness (QED) is 0.587. The molecular formula is C15H30N6. The van der Waals surface area contributed by atoms with E-state index in [1.54, 1.807) is 0 Å². The van der Waals surface area contributed by atoms with Gasteiger partial charge in [-0.2, -0.15) is 5.10 Å². The van der Waals surface area contributed by atoms with Gasteiger partial charge in [-0.15, -0.1) is 0 Å². The molecule has 1 unspecified atom stereocenters. The first-order chi connectivity index (χ1) is 9.93. The lowest BCUT2D eigenvalue weighted by Gasteiger charge is -2.24. The maximum atomic E-state index is 4.60. The molecule has 0 saturated carbocycles. The summed E-state index contributed by atoms with van der Waals surface area (Å²) in [6.07, 6.45) is 3.98. The Balaban J connectivity index is 2.68. The predicted molar refractivity (Wildman–Crippen MR) is 88.5 cm³/mol. The number of aromatic nitrogens is 2. The Morgan fingerprint density at radius 2 is 2.10 bits per heavy atom. The van der Waals surface area contributed by atoms with Crippen molar-refractivity contribution in [2.45, 2.75) is 26.8 Å². The van der Waals surface area contributed by atoms with Crippen molar-refractivity contribution < 1.29 is 0 Å². The van der Waals surface area contributed by atoms with Crippen molar-refractivity contribution in [2.24, 2.45) is 18.0 Å². The van der Waals surface area contributed by atoms with Gasteiger partial charge in [0, 0.05) is 38.4 Å². The van der Waals surface area contributed by atoms with Crippen LogP contribution < -0.4 is 10.6 Å². The molecule has 1 rings (SSSR count). The standard InChI is InChI=1S/C15H30N6/c1-7-16-15(17-8-12(2)3)18-10-14(20(4)5)13-9-19-21(6)11-13/h9,11-12,14H,7-8,10H2,1-6H3,(H2,16,17,18). The lowest BCUT2D eigenvalue weighted by Crippen LogP contribution is -2.42. The molecule has 120 valence electrons. The van der Waals surface area contributed by atoms with Crippen molar-refractivity contribution in [2.75, 3.05) is 33.7 Å². The van der Waals surface area contributed by atoms with Crippen LogP contribution in [0.1, 0.15) is 32.4 Å². The third kappa shape index (κ3) is 6.16. The van der Waals surface area contributed by atoms with E-state index in [0.717, 1.165) is 25.6 Å². The summed E-state index contributed by atoms with van der Waals surface area (Å²) in [6, 6.07) is 0.265. The van der Waals surface area contributed by atoms with Crippen molar-refractivity contribution in [3.8, 4) is 0 Å². The molecule has 0 saturated heterocycles. The van der Waals surface area contributed by atoms with Crippen LogP contribution >= 0.6 is 0 Å². The zero-order valence-corrected chi connectivity index (χ0v) is 14.2. The second-order valence-corrected chi connectivity index (χ2v) is 5.92. The smallest absolute Gasteiger partial charge is 0.191 e. The van der Waals surface area contributed by atoms with Gasteiger partial charge in [0.25, 0.3) is 0 Å². The Bertz CT molecular complexity index is 435. The van der Waals surface area contributed by atoms with Crippen LogP contribution in [0.15, 0.2) is 17.4 Å². The van der Waals surface area contributed by atoms with E-state index in [2.05, 4.69) is 66.7 Å². The van der Waals surface area contributed by atoms with Crippen LogP contribution in [0.2, 0.25) is 0 Å². The minimum absolute atomic E-state index is 0.265. The van der Waals surface area contributed by atoms with E-state index in [1.807, 2.05) is 17.9 Å².